The Labute approximate surface area is 162 Å². The molecule has 6 nitrogen and oxygen atoms in total. The van der Waals surface area contributed by atoms with Crippen molar-refractivity contribution < 1.29 is 16.8 Å². The van der Waals surface area contributed by atoms with E-state index < -0.39 is 19.9 Å². The van der Waals surface area contributed by atoms with E-state index in [1.165, 1.54) is 18.2 Å². The molecule has 0 amide bonds. The molecule has 0 radical (unpaired) electrons. The van der Waals surface area contributed by atoms with Crippen LogP contribution in [0.1, 0.15) is 18.1 Å². The predicted octanol–water partition coefficient (Wildman–Crippen LogP) is 2.51. The Morgan fingerprint density at radius 3 is 2.22 bits per heavy atom. The summed E-state index contributed by atoms with van der Waals surface area (Å²) >= 11 is 0. The monoisotopic (exact) mass is 410 g/mol. The Balaban J connectivity index is 2.17. The van der Waals surface area contributed by atoms with Gasteiger partial charge in [-0.05, 0) is 50.1 Å². The number of para-hydroxylation sites is 1. The summed E-state index contributed by atoms with van der Waals surface area (Å²) in [7, 11) is -7.29. The molecule has 0 unspecified atom stereocenters. The molecule has 0 aromatic heterocycles. The number of aryl methyl sites for hydroxylation is 2. The van der Waals surface area contributed by atoms with Gasteiger partial charge in [-0.1, -0.05) is 24.3 Å². The number of likely N-dealkylation sites (N-methyl/N-ethyl adjacent to an activating group) is 1. The van der Waals surface area contributed by atoms with E-state index in [4.69, 9.17) is 0 Å². The van der Waals surface area contributed by atoms with Crippen LogP contribution in [0.2, 0.25) is 0 Å². The van der Waals surface area contributed by atoms with E-state index in [1.54, 1.807) is 6.92 Å². The van der Waals surface area contributed by atoms with E-state index in [2.05, 4.69) is 9.62 Å². The first kappa shape index (κ1) is 21.4. The van der Waals surface area contributed by atoms with Crippen LogP contribution in [0.3, 0.4) is 0 Å². The molecule has 0 fully saturated rings. The maximum Gasteiger partial charge on any atom is 0.240 e. The average molecular weight is 411 g/mol. The fourth-order valence-corrected chi connectivity index (χ4v) is 4.87. The largest absolute Gasteiger partial charge is 0.370 e. The number of benzene rings is 2. The zero-order valence-electron chi connectivity index (χ0n) is 16.1. The lowest BCUT2D eigenvalue weighted by atomic mass is 10.2. The zero-order valence-corrected chi connectivity index (χ0v) is 17.7. The lowest BCUT2D eigenvalue weighted by molar-refractivity contribution is 0.580. The Morgan fingerprint density at radius 2 is 1.63 bits per heavy atom. The van der Waals surface area contributed by atoms with Gasteiger partial charge in [-0.15, -0.1) is 0 Å². The van der Waals surface area contributed by atoms with Crippen molar-refractivity contribution in [3.05, 3.63) is 53.6 Å². The van der Waals surface area contributed by atoms with Crippen LogP contribution in [0.25, 0.3) is 0 Å². The van der Waals surface area contributed by atoms with Crippen molar-refractivity contribution in [2.45, 2.75) is 30.6 Å². The number of nitrogens with one attached hydrogen (secondary N) is 1. The topological polar surface area (TPSA) is 83.6 Å². The molecule has 148 valence electrons. The molecule has 2 rings (SSSR count). The van der Waals surface area contributed by atoms with E-state index in [1.807, 2.05) is 38.1 Å². The standard InChI is InChI=1S/C19H26N2O4S2/c1-5-21(18-9-7-6-8-15(18)2)13-12-20-27(24,25)19-14-17(26(4,22)23)11-10-16(19)3/h6-11,14,20H,5,12-13H2,1-4H3. The summed E-state index contributed by atoms with van der Waals surface area (Å²) in [6.45, 7) is 7.14. The first-order valence-corrected chi connectivity index (χ1v) is 12.0. The second-order valence-corrected chi connectivity index (χ2v) is 10.2. The molecular formula is C19H26N2O4S2. The van der Waals surface area contributed by atoms with Crippen LogP contribution in [0.5, 0.6) is 0 Å². The van der Waals surface area contributed by atoms with Crippen molar-refractivity contribution in [3.8, 4) is 0 Å². The molecule has 1 N–H and O–H groups in total. The summed E-state index contributed by atoms with van der Waals surface area (Å²) in [6.07, 6.45) is 1.06. The van der Waals surface area contributed by atoms with Gasteiger partial charge in [0.05, 0.1) is 9.79 Å². The number of rotatable bonds is 8. The fraction of sp³-hybridized carbons (Fsp3) is 0.368. The van der Waals surface area contributed by atoms with Gasteiger partial charge >= 0.3 is 0 Å². The molecule has 0 spiro atoms. The molecule has 8 heteroatoms. The quantitative estimate of drug-likeness (QED) is 0.723. The van der Waals surface area contributed by atoms with E-state index in [-0.39, 0.29) is 16.3 Å². The van der Waals surface area contributed by atoms with Crippen LogP contribution >= 0.6 is 0 Å². The minimum absolute atomic E-state index is 0.00985. The first-order chi connectivity index (χ1) is 12.6. The maximum absolute atomic E-state index is 12.7. The van der Waals surface area contributed by atoms with Gasteiger partial charge in [0.15, 0.2) is 9.84 Å². The minimum Gasteiger partial charge on any atom is -0.370 e. The predicted molar refractivity (Wildman–Crippen MR) is 109 cm³/mol. The minimum atomic E-state index is -3.81. The summed E-state index contributed by atoms with van der Waals surface area (Å²) in [6, 6.07) is 12.1. The molecular weight excluding hydrogens is 384 g/mol. The third kappa shape index (κ3) is 5.31. The van der Waals surface area contributed by atoms with Crippen LogP contribution < -0.4 is 9.62 Å². The van der Waals surface area contributed by atoms with Crippen LogP contribution in [0.15, 0.2) is 52.3 Å². The highest BCUT2D eigenvalue weighted by Crippen LogP contribution is 2.21. The summed E-state index contributed by atoms with van der Waals surface area (Å²) < 4.78 is 51.4. The molecule has 2 aromatic rings. The average Bonchev–Trinajstić information content (AvgIpc) is 2.59. The SMILES string of the molecule is CCN(CCNS(=O)(=O)c1cc(S(C)(=O)=O)ccc1C)c1ccccc1C. The number of hydrogen-bond donors (Lipinski definition) is 1. The van der Waals surface area contributed by atoms with Crippen molar-refractivity contribution in [1.29, 1.82) is 0 Å². The van der Waals surface area contributed by atoms with Gasteiger partial charge < -0.3 is 4.90 Å². The Hall–Kier alpha value is -1.90. The van der Waals surface area contributed by atoms with E-state index in [0.29, 0.717) is 12.1 Å². The van der Waals surface area contributed by atoms with Gasteiger partial charge in [-0.25, -0.2) is 21.6 Å². The summed E-state index contributed by atoms with van der Waals surface area (Å²) in [5, 5.41) is 0. The second kappa shape index (κ2) is 8.41. The molecule has 27 heavy (non-hydrogen) atoms. The molecule has 2 aromatic carbocycles. The maximum atomic E-state index is 12.7. The molecule has 0 atom stereocenters. The van der Waals surface area contributed by atoms with Crippen LogP contribution in [0, 0.1) is 13.8 Å². The van der Waals surface area contributed by atoms with Gasteiger partial charge in [0.1, 0.15) is 0 Å². The molecule has 0 aliphatic heterocycles. The Bertz CT molecular complexity index is 1020. The highest BCUT2D eigenvalue weighted by Gasteiger charge is 2.20. The van der Waals surface area contributed by atoms with Gasteiger partial charge in [0.2, 0.25) is 10.0 Å². The third-order valence-electron chi connectivity index (χ3n) is 4.39. The lowest BCUT2D eigenvalue weighted by Crippen LogP contribution is -2.35. The van der Waals surface area contributed by atoms with Crippen molar-refractivity contribution in [3.63, 3.8) is 0 Å². The number of sulfonamides is 1. The van der Waals surface area contributed by atoms with Gasteiger partial charge in [0.25, 0.3) is 0 Å². The second-order valence-electron chi connectivity index (χ2n) is 6.46. The molecule has 0 aliphatic rings. The van der Waals surface area contributed by atoms with Gasteiger partial charge in [-0.2, -0.15) is 0 Å². The summed E-state index contributed by atoms with van der Waals surface area (Å²) in [4.78, 5) is 2.07. The smallest absolute Gasteiger partial charge is 0.240 e. The van der Waals surface area contributed by atoms with Crippen LogP contribution in [-0.2, 0) is 19.9 Å². The highest BCUT2D eigenvalue weighted by atomic mass is 32.2. The van der Waals surface area contributed by atoms with Crippen molar-refractivity contribution in [2.75, 3.05) is 30.8 Å². The first-order valence-electron chi connectivity index (χ1n) is 8.67. The number of anilines is 1. The highest BCUT2D eigenvalue weighted by molar-refractivity contribution is 7.91. The third-order valence-corrected chi connectivity index (χ3v) is 7.10. The number of nitrogens with zero attached hydrogens (tertiary/aromatic N) is 1. The summed E-state index contributed by atoms with van der Waals surface area (Å²) in [5.74, 6) is 0. The van der Waals surface area contributed by atoms with Gasteiger partial charge in [0, 0.05) is 31.6 Å². The molecule has 0 saturated heterocycles. The lowest BCUT2D eigenvalue weighted by Gasteiger charge is -2.25. The van der Waals surface area contributed by atoms with Crippen molar-refractivity contribution >= 4 is 25.5 Å². The van der Waals surface area contributed by atoms with Crippen LogP contribution in [-0.4, -0.2) is 42.7 Å². The molecule has 0 heterocycles. The Morgan fingerprint density at radius 1 is 0.963 bits per heavy atom. The molecule has 0 saturated carbocycles. The van der Waals surface area contributed by atoms with Crippen molar-refractivity contribution in [1.82, 2.24) is 4.72 Å². The van der Waals surface area contributed by atoms with E-state index in [9.17, 15) is 16.8 Å². The van der Waals surface area contributed by atoms with Crippen molar-refractivity contribution in [2.24, 2.45) is 0 Å². The fourth-order valence-electron chi connectivity index (χ4n) is 2.86. The van der Waals surface area contributed by atoms with E-state index >= 15 is 0 Å². The van der Waals surface area contributed by atoms with Gasteiger partial charge in [-0.3, -0.25) is 0 Å². The van der Waals surface area contributed by atoms with Crippen LogP contribution in [0.4, 0.5) is 5.69 Å². The normalized spacial score (nSPS) is 12.1. The zero-order chi connectivity index (χ0) is 20.2. The summed E-state index contributed by atoms with van der Waals surface area (Å²) in [5.41, 5.74) is 2.69. The molecule has 0 bridgehead atoms. The Kier molecular flexibility index (Phi) is 6.67. The number of sulfone groups is 1. The molecule has 0 aliphatic carbocycles. The van der Waals surface area contributed by atoms with E-state index in [0.717, 1.165) is 24.1 Å². The number of hydrogen-bond acceptors (Lipinski definition) is 5.